The maximum atomic E-state index is 13.5. The Balaban J connectivity index is 1.37. The number of hydrogen-bond donors (Lipinski definition) is 1. The Morgan fingerprint density at radius 1 is 1.31 bits per heavy atom. The fraction of sp³-hybridized carbons (Fsp3) is 0.348. The van der Waals surface area contributed by atoms with Crippen LogP contribution in [-0.4, -0.2) is 20.6 Å². The Labute approximate surface area is 191 Å². The summed E-state index contributed by atoms with van der Waals surface area (Å²) in [7, 11) is 0. The van der Waals surface area contributed by atoms with Gasteiger partial charge in [-0.25, -0.2) is 18.7 Å². The van der Waals surface area contributed by atoms with E-state index in [2.05, 4.69) is 15.3 Å². The van der Waals surface area contributed by atoms with Crippen LogP contribution in [0.2, 0.25) is 0 Å². The second-order valence-corrected chi connectivity index (χ2v) is 10.3. The van der Waals surface area contributed by atoms with Crippen molar-refractivity contribution in [3.8, 4) is 0 Å². The van der Waals surface area contributed by atoms with Crippen LogP contribution in [0.5, 0.6) is 0 Å². The van der Waals surface area contributed by atoms with Crippen molar-refractivity contribution < 1.29 is 8.78 Å². The number of aryl methyl sites for hydroxylation is 2. The summed E-state index contributed by atoms with van der Waals surface area (Å²) in [5, 5.41) is 7.14. The molecule has 4 aromatic rings. The van der Waals surface area contributed by atoms with E-state index < -0.39 is 11.6 Å². The van der Waals surface area contributed by atoms with Crippen molar-refractivity contribution in [1.82, 2.24) is 19.9 Å². The molecule has 0 radical (unpaired) electrons. The average molecular weight is 473 g/mol. The van der Waals surface area contributed by atoms with E-state index in [1.807, 2.05) is 19.2 Å². The van der Waals surface area contributed by atoms with Crippen molar-refractivity contribution in [1.29, 1.82) is 0 Å². The van der Waals surface area contributed by atoms with E-state index in [1.165, 1.54) is 10.9 Å². The third kappa shape index (κ3) is 3.89. The Morgan fingerprint density at radius 2 is 2.16 bits per heavy atom. The van der Waals surface area contributed by atoms with E-state index in [4.69, 9.17) is 0 Å². The monoisotopic (exact) mass is 472 g/mol. The first kappa shape index (κ1) is 21.4. The number of rotatable bonds is 5. The SMILES string of the molecule is Cc1nc(C(C)n2cnc3sc4c(c3c2=O)CCC(NCc2ccc(F)c(F)c2)C4)cs1. The molecule has 0 amide bonds. The molecule has 5 nitrogen and oxygen atoms in total. The predicted molar refractivity (Wildman–Crippen MR) is 124 cm³/mol. The highest BCUT2D eigenvalue weighted by atomic mass is 32.1. The first-order valence-electron chi connectivity index (χ1n) is 10.5. The van der Waals surface area contributed by atoms with Crippen LogP contribution in [0.1, 0.15) is 46.1 Å². The maximum Gasteiger partial charge on any atom is 0.262 e. The molecule has 1 N–H and O–H groups in total. The highest BCUT2D eigenvalue weighted by Crippen LogP contribution is 2.34. The highest BCUT2D eigenvalue weighted by Gasteiger charge is 2.26. The quantitative estimate of drug-likeness (QED) is 0.455. The van der Waals surface area contributed by atoms with Gasteiger partial charge in [0.25, 0.3) is 5.56 Å². The fourth-order valence-electron chi connectivity index (χ4n) is 4.26. The largest absolute Gasteiger partial charge is 0.310 e. The Hall–Kier alpha value is -2.49. The highest BCUT2D eigenvalue weighted by molar-refractivity contribution is 7.18. The van der Waals surface area contributed by atoms with Gasteiger partial charge in [-0.15, -0.1) is 22.7 Å². The first-order valence-corrected chi connectivity index (χ1v) is 12.2. The van der Waals surface area contributed by atoms with E-state index in [9.17, 15) is 13.6 Å². The lowest BCUT2D eigenvalue weighted by Gasteiger charge is -2.23. The van der Waals surface area contributed by atoms with Crippen LogP contribution in [-0.2, 0) is 19.4 Å². The van der Waals surface area contributed by atoms with Crippen molar-refractivity contribution in [2.24, 2.45) is 0 Å². The van der Waals surface area contributed by atoms with Gasteiger partial charge in [-0.2, -0.15) is 0 Å². The third-order valence-corrected chi connectivity index (χ3v) is 8.01. The summed E-state index contributed by atoms with van der Waals surface area (Å²) in [6.07, 6.45) is 4.08. The molecule has 0 aliphatic heterocycles. The van der Waals surface area contributed by atoms with Crippen LogP contribution in [0.4, 0.5) is 8.78 Å². The molecule has 0 fully saturated rings. The number of nitrogens with one attached hydrogen (secondary N) is 1. The summed E-state index contributed by atoms with van der Waals surface area (Å²) >= 11 is 3.15. The van der Waals surface area contributed by atoms with Gasteiger partial charge in [0.15, 0.2) is 11.6 Å². The molecule has 0 bridgehead atoms. The molecule has 2 atom stereocenters. The van der Waals surface area contributed by atoms with Gasteiger partial charge in [-0.3, -0.25) is 9.36 Å². The van der Waals surface area contributed by atoms with E-state index in [0.29, 0.717) is 12.1 Å². The van der Waals surface area contributed by atoms with Crippen LogP contribution in [0.25, 0.3) is 10.2 Å². The van der Waals surface area contributed by atoms with Gasteiger partial charge in [0, 0.05) is 22.8 Å². The van der Waals surface area contributed by atoms with Crippen LogP contribution in [0.15, 0.2) is 34.7 Å². The van der Waals surface area contributed by atoms with E-state index >= 15 is 0 Å². The van der Waals surface area contributed by atoms with Crippen molar-refractivity contribution in [2.45, 2.75) is 51.7 Å². The molecule has 32 heavy (non-hydrogen) atoms. The van der Waals surface area contributed by atoms with Crippen molar-refractivity contribution in [3.63, 3.8) is 0 Å². The van der Waals surface area contributed by atoms with Gasteiger partial charge in [-0.05, 0) is 56.4 Å². The lowest BCUT2D eigenvalue weighted by atomic mass is 9.93. The zero-order valence-electron chi connectivity index (χ0n) is 17.7. The molecule has 5 rings (SSSR count). The lowest BCUT2D eigenvalue weighted by molar-refractivity contribution is 0.459. The summed E-state index contributed by atoms with van der Waals surface area (Å²) in [6.45, 7) is 4.40. The summed E-state index contributed by atoms with van der Waals surface area (Å²) in [6, 6.07) is 4.02. The summed E-state index contributed by atoms with van der Waals surface area (Å²) in [4.78, 5) is 24.4. The third-order valence-electron chi connectivity index (χ3n) is 6.06. The number of halogens is 2. The number of hydrogen-bond acceptors (Lipinski definition) is 6. The van der Waals surface area contributed by atoms with Crippen LogP contribution in [0, 0.1) is 18.6 Å². The molecular formula is C23H22F2N4OS2. The predicted octanol–water partition coefficient (Wildman–Crippen LogP) is 4.76. The normalized spacial score (nSPS) is 16.9. The molecule has 2 unspecified atom stereocenters. The number of thiazole rings is 1. The van der Waals surface area contributed by atoms with Crippen LogP contribution >= 0.6 is 22.7 Å². The Morgan fingerprint density at radius 3 is 2.91 bits per heavy atom. The van der Waals surface area contributed by atoms with Crippen molar-refractivity contribution in [2.75, 3.05) is 0 Å². The van der Waals surface area contributed by atoms with Gasteiger partial charge in [-0.1, -0.05) is 6.07 Å². The number of benzene rings is 1. The van der Waals surface area contributed by atoms with Crippen LogP contribution in [0.3, 0.4) is 0 Å². The van der Waals surface area contributed by atoms with Gasteiger partial charge in [0.05, 0.1) is 28.5 Å². The molecule has 166 valence electrons. The van der Waals surface area contributed by atoms with E-state index in [0.717, 1.165) is 51.8 Å². The molecule has 9 heteroatoms. The molecule has 3 aromatic heterocycles. The van der Waals surface area contributed by atoms with Gasteiger partial charge in [0.2, 0.25) is 0 Å². The number of aromatic nitrogens is 3. The fourth-order valence-corrected chi connectivity index (χ4v) is 6.21. The molecule has 1 aromatic carbocycles. The lowest BCUT2D eigenvalue weighted by Crippen LogP contribution is -2.34. The van der Waals surface area contributed by atoms with Crippen molar-refractivity contribution in [3.05, 3.63) is 78.6 Å². The smallest absolute Gasteiger partial charge is 0.262 e. The number of fused-ring (bicyclic) bond motifs is 3. The van der Waals surface area contributed by atoms with E-state index in [-0.39, 0.29) is 17.6 Å². The molecule has 1 aliphatic rings. The van der Waals surface area contributed by atoms with Crippen LogP contribution < -0.4 is 10.9 Å². The van der Waals surface area contributed by atoms with Gasteiger partial charge >= 0.3 is 0 Å². The zero-order valence-corrected chi connectivity index (χ0v) is 19.3. The number of thiophene rings is 1. The first-order chi connectivity index (χ1) is 15.4. The summed E-state index contributed by atoms with van der Waals surface area (Å²) < 4.78 is 28.3. The molecule has 1 aliphatic carbocycles. The van der Waals surface area contributed by atoms with E-state index in [1.54, 1.807) is 39.6 Å². The second-order valence-electron chi connectivity index (χ2n) is 8.18. The second kappa shape index (κ2) is 8.46. The standard InChI is InChI=1S/C23H22F2N4OS2/c1-12(19-10-31-13(2)28-19)29-11-27-22-21(23(29)30)16-5-4-15(8-20(16)32-22)26-9-14-3-6-17(24)18(25)7-14/h3,6-7,10-12,15,26H,4-5,8-9H2,1-2H3. The minimum absolute atomic E-state index is 0.0150. The number of nitrogens with zero attached hydrogens (tertiary/aromatic N) is 3. The summed E-state index contributed by atoms with van der Waals surface area (Å²) in [5.41, 5.74) is 2.67. The minimum atomic E-state index is -0.835. The molecule has 0 saturated heterocycles. The maximum absolute atomic E-state index is 13.5. The molecule has 0 saturated carbocycles. The Bertz CT molecular complexity index is 1360. The topological polar surface area (TPSA) is 59.8 Å². The molecular weight excluding hydrogens is 450 g/mol. The Kier molecular flexibility index (Phi) is 5.65. The molecule has 3 heterocycles. The van der Waals surface area contributed by atoms with Crippen molar-refractivity contribution >= 4 is 32.9 Å². The van der Waals surface area contributed by atoms with Gasteiger partial charge in [0.1, 0.15) is 4.83 Å². The zero-order chi connectivity index (χ0) is 22.4. The minimum Gasteiger partial charge on any atom is -0.310 e. The average Bonchev–Trinajstić information content (AvgIpc) is 3.37. The summed E-state index contributed by atoms with van der Waals surface area (Å²) in [5.74, 6) is -1.66. The van der Waals surface area contributed by atoms with Gasteiger partial charge < -0.3 is 5.32 Å². The molecule has 0 spiro atoms.